The fraction of sp³-hybridized carbons (Fsp3) is 0.0714. The van der Waals surface area contributed by atoms with Crippen LogP contribution in [0.3, 0.4) is 0 Å². The maximum Gasteiger partial charge on any atom is 0.252 e. The van der Waals surface area contributed by atoms with Gasteiger partial charge in [-0.1, -0.05) is 48.5 Å². The van der Waals surface area contributed by atoms with E-state index in [0.29, 0.717) is 5.84 Å². The molecular weight excluding hydrogens is 260 g/mol. The van der Waals surface area contributed by atoms with Crippen LogP contribution in [0.25, 0.3) is 0 Å². The second kappa shape index (κ2) is 5.67. The molecule has 4 nitrogen and oxygen atoms in total. The van der Waals surface area contributed by atoms with Gasteiger partial charge in [-0.3, -0.25) is 0 Å². The maximum absolute atomic E-state index is 11.4. The number of anilines is 1. The predicted octanol–water partition coefficient (Wildman–Crippen LogP) is 2.50. The van der Waals surface area contributed by atoms with E-state index in [4.69, 9.17) is 0 Å². The third-order valence-corrected chi connectivity index (χ3v) is 2.86. The average molecular weight is 274 g/mol. The Labute approximate surface area is 112 Å². The van der Waals surface area contributed by atoms with Crippen molar-refractivity contribution in [3.8, 4) is 0 Å². The van der Waals surface area contributed by atoms with Crippen LogP contribution in [0.1, 0.15) is 5.56 Å². The van der Waals surface area contributed by atoms with Crippen molar-refractivity contribution in [1.29, 1.82) is 0 Å². The van der Waals surface area contributed by atoms with Gasteiger partial charge in [0.2, 0.25) is 0 Å². The molecule has 0 aliphatic rings. The second-order valence-corrected chi connectivity index (χ2v) is 5.68. The largest absolute Gasteiger partial charge is 0.339 e. The van der Waals surface area contributed by atoms with E-state index < -0.39 is 10.0 Å². The Hall–Kier alpha value is -2.14. The van der Waals surface area contributed by atoms with Crippen LogP contribution in [0.4, 0.5) is 5.69 Å². The van der Waals surface area contributed by atoms with Gasteiger partial charge >= 0.3 is 0 Å². The predicted molar refractivity (Wildman–Crippen MR) is 77.9 cm³/mol. The summed E-state index contributed by atoms with van der Waals surface area (Å²) in [7, 11) is -3.47. The van der Waals surface area contributed by atoms with Gasteiger partial charge in [0.25, 0.3) is 10.0 Å². The summed E-state index contributed by atoms with van der Waals surface area (Å²) < 4.78 is 26.5. The summed E-state index contributed by atoms with van der Waals surface area (Å²) in [5, 5.41) is 3.02. The van der Waals surface area contributed by atoms with Gasteiger partial charge in [0.15, 0.2) is 5.84 Å². The molecule has 0 atom stereocenters. The minimum absolute atomic E-state index is 0.314. The van der Waals surface area contributed by atoms with E-state index in [1.165, 1.54) is 0 Å². The molecule has 0 heterocycles. The first-order valence-electron chi connectivity index (χ1n) is 5.72. The highest BCUT2D eigenvalue weighted by atomic mass is 32.2. The van der Waals surface area contributed by atoms with Crippen LogP contribution in [-0.2, 0) is 10.0 Å². The van der Waals surface area contributed by atoms with E-state index in [2.05, 4.69) is 9.71 Å². The lowest BCUT2D eigenvalue weighted by Crippen LogP contribution is -2.15. The topological polar surface area (TPSA) is 58.5 Å². The van der Waals surface area contributed by atoms with Gasteiger partial charge in [-0.05, 0) is 12.1 Å². The molecule has 0 saturated heterocycles. The quantitative estimate of drug-likeness (QED) is 0.691. The normalized spacial score (nSPS) is 12.2. The molecule has 0 radical (unpaired) electrons. The highest BCUT2D eigenvalue weighted by Gasteiger charge is 2.07. The van der Waals surface area contributed by atoms with Gasteiger partial charge in [0.05, 0.1) is 6.26 Å². The number of nitrogens with zero attached hydrogens (tertiary/aromatic N) is 1. The van der Waals surface area contributed by atoms with Crippen molar-refractivity contribution in [1.82, 2.24) is 0 Å². The fourth-order valence-corrected chi connectivity index (χ4v) is 2.05. The third-order valence-electron chi connectivity index (χ3n) is 2.34. The van der Waals surface area contributed by atoms with Crippen molar-refractivity contribution in [2.24, 2.45) is 4.40 Å². The van der Waals surface area contributed by atoms with Crippen LogP contribution in [0.2, 0.25) is 0 Å². The van der Waals surface area contributed by atoms with E-state index in [0.717, 1.165) is 17.5 Å². The Balaban J connectivity index is 2.39. The third kappa shape index (κ3) is 4.22. The van der Waals surface area contributed by atoms with Gasteiger partial charge in [0.1, 0.15) is 0 Å². The van der Waals surface area contributed by atoms with Crippen molar-refractivity contribution in [3.63, 3.8) is 0 Å². The summed E-state index contributed by atoms with van der Waals surface area (Å²) in [5.41, 5.74) is 1.51. The van der Waals surface area contributed by atoms with Crippen molar-refractivity contribution in [3.05, 3.63) is 66.2 Å². The molecule has 2 rings (SSSR count). The second-order valence-electron chi connectivity index (χ2n) is 4.03. The minimum Gasteiger partial charge on any atom is -0.339 e. The van der Waals surface area contributed by atoms with E-state index in [1.54, 1.807) is 12.1 Å². The van der Waals surface area contributed by atoms with Crippen LogP contribution in [-0.4, -0.2) is 20.5 Å². The van der Waals surface area contributed by atoms with Crippen LogP contribution >= 0.6 is 0 Å². The minimum atomic E-state index is -3.47. The molecule has 5 heteroatoms. The number of benzene rings is 2. The molecule has 2 aromatic carbocycles. The molecule has 0 saturated carbocycles. The summed E-state index contributed by atoms with van der Waals surface area (Å²) in [6, 6.07) is 18.5. The van der Waals surface area contributed by atoms with E-state index in [1.807, 2.05) is 48.5 Å². The zero-order valence-corrected chi connectivity index (χ0v) is 11.3. The lowest BCUT2D eigenvalue weighted by atomic mass is 10.2. The highest BCUT2D eigenvalue weighted by Crippen LogP contribution is 2.10. The van der Waals surface area contributed by atoms with Crippen LogP contribution in [0.15, 0.2) is 65.1 Å². The molecule has 19 heavy (non-hydrogen) atoms. The number of hydrogen-bond donors (Lipinski definition) is 1. The molecular formula is C14H14N2O2S. The standard InChI is InChI=1S/C14H14N2O2S/c1-19(17,18)16-14(12-8-4-2-5-9-12)15-13-10-6-3-7-11-13/h2-11H,1H3,(H,15,16). The van der Waals surface area contributed by atoms with Crippen LogP contribution in [0, 0.1) is 0 Å². The smallest absolute Gasteiger partial charge is 0.252 e. The monoisotopic (exact) mass is 274 g/mol. The van der Waals surface area contributed by atoms with Gasteiger partial charge in [-0.25, -0.2) is 8.42 Å². The maximum atomic E-state index is 11.4. The Kier molecular flexibility index (Phi) is 3.97. The number of hydrogen-bond acceptors (Lipinski definition) is 2. The number of nitrogens with one attached hydrogen (secondary N) is 1. The first kappa shape index (κ1) is 13.3. The van der Waals surface area contributed by atoms with Gasteiger partial charge in [-0.2, -0.15) is 0 Å². The molecule has 2 aromatic rings. The van der Waals surface area contributed by atoms with Crippen molar-refractivity contribution < 1.29 is 8.42 Å². The average Bonchev–Trinajstić information content (AvgIpc) is 2.39. The highest BCUT2D eigenvalue weighted by molar-refractivity contribution is 7.89. The Morgan fingerprint density at radius 3 is 2.00 bits per heavy atom. The molecule has 0 bridgehead atoms. The van der Waals surface area contributed by atoms with E-state index >= 15 is 0 Å². The molecule has 0 aliphatic carbocycles. The summed E-state index contributed by atoms with van der Waals surface area (Å²) in [5.74, 6) is 0.314. The zero-order valence-electron chi connectivity index (χ0n) is 10.4. The summed E-state index contributed by atoms with van der Waals surface area (Å²) in [6.07, 6.45) is 1.07. The van der Waals surface area contributed by atoms with E-state index in [-0.39, 0.29) is 0 Å². The molecule has 0 fully saturated rings. The Bertz CT molecular complexity index is 665. The summed E-state index contributed by atoms with van der Waals surface area (Å²) >= 11 is 0. The molecule has 1 N–H and O–H groups in total. The number of sulfonamides is 1. The lowest BCUT2D eigenvalue weighted by Gasteiger charge is -2.09. The Morgan fingerprint density at radius 2 is 1.47 bits per heavy atom. The summed E-state index contributed by atoms with van der Waals surface area (Å²) in [6.45, 7) is 0. The van der Waals surface area contributed by atoms with Gasteiger partial charge in [-0.15, -0.1) is 4.40 Å². The van der Waals surface area contributed by atoms with Crippen LogP contribution < -0.4 is 5.32 Å². The molecule has 0 spiro atoms. The number of rotatable bonds is 3. The molecule has 0 aliphatic heterocycles. The zero-order chi connectivity index (χ0) is 13.7. The Morgan fingerprint density at radius 1 is 0.947 bits per heavy atom. The van der Waals surface area contributed by atoms with Gasteiger partial charge in [0, 0.05) is 11.3 Å². The summed E-state index contributed by atoms with van der Waals surface area (Å²) in [4.78, 5) is 0. The van der Waals surface area contributed by atoms with Crippen molar-refractivity contribution in [2.75, 3.05) is 11.6 Å². The van der Waals surface area contributed by atoms with Crippen molar-refractivity contribution in [2.45, 2.75) is 0 Å². The SMILES string of the molecule is CS(=O)(=O)/N=C(/Nc1ccccc1)c1ccccc1. The van der Waals surface area contributed by atoms with Gasteiger partial charge < -0.3 is 5.32 Å². The molecule has 0 unspecified atom stereocenters. The first-order valence-corrected chi connectivity index (χ1v) is 7.57. The first-order chi connectivity index (χ1) is 9.04. The lowest BCUT2D eigenvalue weighted by molar-refractivity contribution is 0.604. The van der Waals surface area contributed by atoms with E-state index in [9.17, 15) is 8.42 Å². The van der Waals surface area contributed by atoms with Crippen LogP contribution in [0.5, 0.6) is 0 Å². The van der Waals surface area contributed by atoms with Crippen molar-refractivity contribution >= 4 is 21.5 Å². The number of amidine groups is 1. The number of para-hydroxylation sites is 1. The fourth-order valence-electron chi connectivity index (χ4n) is 1.57. The molecule has 0 aromatic heterocycles. The molecule has 0 amide bonds. The molecule has 98 valence electrons.